The smallest absolute Gasteiger partial charge is 0.244 e. The first-order chi connectivity index (χ1) is 13.3. The molecular formula is C21H18N4O2. The van der Waals surface area contributed by atoms with Crippen molar-refractivity contribution in [3.63, 3.8) is 0 Å². The molecular weight excluding hydrogens is 340 g/mol. The van der Waals surface area contributed by atoms with Gasteiger partial charge >= 0.3 is 0 Å². The van der Waals surface area contributed by atoms with Crippen LogP contribution in [-0.4, -0.2) is 33.5 Å². The molecule has 0 bridgehead atoms. The maximum Gasteiger partial charge on any atom is 0.244 e. The van der Waals surface area contributed by atoms with Crippen LogP contribution < -0.4 is 10.1 Å². The Morgan fingerprint density at radius 1 is 1.15 bits per heavy atom. The fraction of sp³-hybridized carbons (Fsp3) is 0.143. The van der Waals surface area contributed by atoms with Gasteiger partial charge in [0, 0.05) is 42.8 Å². The van der Waals surface area contributed by atoms with E-state index in [2.05, 4.69) is 20.3 Å². The molecule has 134 valence electrons. The molecule has 27 heavy (non-hydrogen) atoms. The number of para-hydroxylation sites is 1. The highest BCUT2D eigenvalue weighted by Gasteiger charge is 2.26. The van der Waals surface area contributed by atoms with Crippen molar-refractivity contribution in [2.45, 2.75) is 12.5 Å². The van der Waals surface area contributed by atoms with E-state index in [4.69, 9.17) is 4.74 Å². The topological polar surface area (TPSA) is 77.0 Å². The molecule has 3 heterocycles. The predicted molar refractivity (Wildman–Crippen MR) is 102 cm³/mol. The Hall–Kier alpha value is -3.54. The second kappa shape index (κ2) is 7.78. The monoisotopic (exact) mass is 358 g/mol. The number of benzene rings is 1. The average Bonchev–Trinajstić information content (AvgIpc) is 3.15. The van der Waals surface area contributed by atoms with Crippen molar-refractivity contribution in [1.29, 1.82) is 0 Å². The van der Waals surface area contributed by atoms with Gasteiger partial charge in [0.15, 0.2) is 0 Å². The normalized spacial score (nSPS) is 15.3. The zero-order valence-electron chi connectivity index (χ0n) is 14.6. The zero-order valence-corrected chi connectivity index (χ0v) is 14.6. The van der Waals surface area contributed by atoms with E-state index >= 15 is 0 Å². The Balaban J connectivity index is 1.38. The van der Waals surface area contributed by atoms with Crippen molar-refractivity contribution in [2.24, 2.45) is 0 Å². The fourth-order valence-corrected chi connectivity index (χ4v) is 3.01. The van der Waals surface area contributed by atoms with Gasteiger partial charge in [-0.05, 0) is 35.4 Å². The number of rotatable bonds is 5. The van der Waals surface area contributed by atoms with E-state index in [1.165, 1.54) is 6.08 Å². The number of hydrogen-bond acceptors (Lipinski definition) is 5. The molecule has 6 nitrogen and oxygen atoms in total. The predicted octanol–water partition coefficient (Wildman–Crippen LogP) is 2.67. The number of nitrogens with zero attached hydrogens (tertiary/aromatic N) is 3. The summed E-state index contributed by atoms with van der Waals surface area (Å²) in [4.78, 5) is 24.5. The summed E-state index contributed by atoms with van der Waals surface area (Å²) < 4.78 is 6.09. The van der Waals surface area contributed by atoms with Gasteiger partial charge < -0.3 is 10.1 Å². The number of pyridine rings is 1. The summed E-state index contributed by atoms with van der Waals surface area (Å²) >= 11 is 0. The van der Waals surface area contributed by atoms with E-state index in [1.807, 2.05) is 30.3 Å². The van der Waals surface area contributed by atoms with Crippen molar-refractivity contribution in [3.05, 3.63) is 78.5 Å². The molecule has 3 aromatic rings. The van der Waals surface area contributed by atoms with Crippen molar-refractivity contribution in [2.75, 3.05) is 6.54 Å². The number of hydrogen-bond donors (Lipinski definition) is 1. The average molecular weight is 358 g/mol. The van der Waals surface area contributed by atoms with Crippen LogP contribution in [-0.2, 0) is 11.2 Å². The molecule has 4 rings (SSSR count). The second-order valence-corrected chi connectivity index (χ2v) is 6.19. The molecule has 1 amide bonds. The maximum absolute atomic E-state index is 12.0. The largest absolute Gasteiger partial charge is 0.487 e. The summed E-state index contributed by atoms with van der Waals surface area (Å²) in [5.74, 6) is 0.671. The van der Waals surface area contributed by atoms with Crippen molar-refractivity contribution in [1.82, 2.24) is 20.3 Å². The van der Waals surface area contributed by atoms with Gasteiger partial charge in [-0.2, -0.15) is 0 Å². The minimum absolute atomic E-state index is 0.101. The van der Waals surface area contributed by atoms with Crippen molar-refractivity contribution < 1.29 is 9.53 Å². The number of carbonyl (C=O) groups is 1. The molecule has 1 aromatic carbocycles. The lowest BCUT2D eigenvalue weighted by atomic mass is 10.0. The summed E-state index contributed by atoms with van der Waals surface area (Å²) in [6.07, 6.45) is 12.3. The Bertz CT molecular complexity index is 958. The van der Waals surface area contributed by atoms with E-state index in [0.29, 0.717) is 6.54 Å². The van der Waals surface area contributed by atoms with Crippen LogP contribution in [0.5, 0.6) is 5.75 Å². The number of fused-ring (bicyclic) bond motifs is 1. The zero-order chi connectivity index (χ0) is 18.5. The molecule has 0 spiro atoms. The molecule has 1 atom stereocenters. The summed E-state index contributed by atoms with van der Waals surface area (Å²) in [7, 11) is 0. The Kier molecular flexibility index (Phi) is 4.87. The first-order valence-corrected chi connectivity index (χ1v) is 8.70. The van der Waals surface area contributed by atoms with E-state index in [1.54, 1.807) is 37.1 Å². The van der Waals surface area contributed by atoms with Gasteiger partial charge in [0.1, 0.15) is 11.9 Å². The number of ether oxygens (including phenoxy) is 1. The van der Waals surface area contributed by atoms with Crippen LogP contribution in [0.2, 0.25) is 0 Å². The quantitative estimate of drug-likeness (QED) is 0.710. The molecule has 2 aromatic heterocycles. The third kappa shape index (κ3) is 4.00. The van der Waals surface area contributed by atoms with Crippen LogP contribution >= 0.6 is 0 Å². The third-order valence-corrected chi connectivity index (χ3v) is 4.31. The maximum atomic E-state index is 12.0. The Morgan fingerprint density at radius 3 is 2.85 bits per heavy atom. The molecule has 0 saturated carbocycles. The lowest BCUT2D eigenvalue weighted by molar-refractivity contribution is -0.116. The van der Waals surface area contributed by atoms with E-state index in [-0.39, 0.29) is 12.0 Å². The van der Waals surface area contributed by atoms with E-state index in [0.717, 1.165) is 34.6 Å². The standard InChI is InChI=1S/C21H18N4O2/c26-20(5-4-15-6-8-22-9-7-15)25-13-17-12-16-2-1-3-18(21(16)27-17)19-14-23-10-11-24-19/h1-11,14,17H,12-13H2,(H,25,26). The van der Waals surface area contributed by atoms with Crippen LogP contribution in [0.1, 0.15) is 11.1 Å². The molecule has 1 aliphatic heterocycles. The van der Waals surface area contributed by atoms with E-state index in [9.17, 15) is 4.79 Å². The van der Waals surface area contributed by atoms with Gasteiger partial charge in [0.2, 0.25) is 5.91 Å². The summed E-state index contributed by atoms with van der Waals surface area (Å²) in [6.45, 7) is 0.439. The van der Waals surface area contributed by atoms with Crippen LogP contribution in [0.4, 0.5) is 0 Å². The second-order valence-electron chi connectivity index (χ2n) is 6.19. The van der Waals surface area contributed by atoms with Gasteiger partial charge in [0.25, 0.3) is 0 Å². The highest BCUT2D eigenvalue weighted by Crippen LogP contribution is 2.37. The van der Waals surface area contributed by atoms with Gasteiger partial charge in [-0.25, -0.2) is 0 Å². The van der Waals surface area contributed by atoms with Crippen molar-refractivity contribution in [3.8, 4) is 17.0 Å². The van der Waals surface area contributed by atoms with Gasteiger partial charge in [0.05, 0.1) is 18.4 Å². The molecule has 6 heteroatoms. The highest BCUT2D eigenvalue weighted by atomic mass is 16.5. The van der Waals surface area contributed by atoms with Gasteiger partial charge in [-0.3, -0.25) is 19.7 Å². The van der Waals surface area contributed by atoms with Crippen LogP contribution in [0.3, 0.4) is 0 Å². The summed E-state index contributed by atoms with van der Waals surface area (Å²) in [6, 6.07) is 9.69. The number of amides is 1. The van der Waals surface area contributed by atoms with Crippen molar-refractivity contribution >= 4 is 12.0 Å². The number of carbonyl (C=O) groups excluding carboxylic acids is 1. The highest BCUT2D eigenvalue weighted by molar-refractivity contribution is 5.91. The minimum atomic E-state index is -0.152. The molecule has 1 unspecified atom stereocenters. The third-order valence-electron chi connectivity index (χ3n) is 4.31. The molecule has 1 aliphatic rings. The molecule has 1 N–H and O–H groups in total. The molecule has 0 saturated heterocycles. The molecule has 0 radical (unpaired) electrons. The molecule has 0 fully saturated rings. The van der Waals surface area contributed by atoms with Gasteiger partial charge in [-0.15, -0.1) is 0 Å². The van der Waals surface area contributed by atoms with Gasteiger partial charge in [-0.1, -0.05) is 12.1 Å². The van der Waals surface area contributed by atoms with Crippen LogP contribution in [0.25, 0.3) is 17.3 Å². The Labute approximate surface area is 157 Å². The first kappa shape index (κ1) is 16.9. The minimum Gasteiger partial charge on any atom is -0.487 e. The summed E-state index contributed by atoms with van der Waals surface area (Å²) in [5.41, 5.74) is 3.74. The lowest BCUT2D eigenvalue weighted by Crippen LogP contribution is -2.33. The summed E-state index contributed by atoms with van der Waals surface area (Å²) in [5, 5.41) is 2.89. The number of aromatic nitrogens is 3. The first-order valence-electron chi connectivity index (χ1n) is 8.70. The fourth-order valence-electron chi connectivity index (χ4n) is 3.01. The SMILES string of the molecule is O=C(C=Cc1ccncc1)NCC1Cc2cccc(-c3cnccn3)c2O1. The van der Waals surface area contributed by atoms with Crippen LogP contribution in [0, 0.1) is 0 Å². The van der Waals surface area contributed by atoms with E-state index < -0.39 is 0 Å². The Morgan fingerprint density at radius 2 is 2.04 bits per heavy atom. The molecule has 0 aliphatic carbocycles. The number of nitrogens with one attached hydrogen (secondary N) is 1. The van der Waals surface area contributed by atoms with Crippen LogP contribution in [0.15, 0.2) is 67.4 Å². The lowest BCUT2D eigenvalue weighted by Gasteiger charge is -2.12.